The predicted octanol–water partition coefficient (Wildman–Crippen LogP) is 2.55. The maximum atomic E-state index is 12.6. The molecule has 0 saturated carbocycles. The van der Waals surface area contributed by atoms with E-state index in [-0.39, 0.29) is 18.1 Å². The Hall–Kier alpha value is -2.48. The van der Waals surface area contributed by atoms with Crippen LogP contribution in [0.1, 0.15) is 40.3 Å². The lowest BCUT2D eigenvalue weighted by molar-refractivity contribution is 0.0868. The summed E-state index contributed by atoms with van der Waals surface area (Å²) < 4.78 is 0. The molecule has 0 saturated heterocycles. The van der Waals surface area contributed by atoms with Crippen LogP contribution in [0.2, 0.25) is 5.02 Å². The maximum absolute atomic E-state index is 12.6. The number of carbonyl (C=O) groups is 2. The number of rotatable bonds is 7. The zero-order valence-electron chi connectivity index (χ0n) is 16.4. The molecule has 8 heteroatoms. The van der Waals surface area contributed by atoms with Crippen molar-refractivity contribution in [2.45, 2.75) is 25.9 Å². The molecular weight excluding hydrogens is 380 g/mol. The number of carbonyl (C=O) groups excluding carboxylic acids is 2. The molecule has 0 bridgehead atoms. The summed E-state index contributed by atoms with van der Waals surface area (Å²) in [5.74, 6) is -0.721. The minimum atomic E-state index is -0.775. The molecule has 1 heterocycles. The van der Waals surface area contributed by atoms with E-state index in [1.165, 1.54) is 12.1 Å². The Balaban J connectivity index is 2.19. The van der Waals surface area contributed by atoms with Gasteiger partial charge in [-0.3, -0.25) is 14.6 Å². The molecule has 2 rings (SSSR count). The number of halogens is 1. The highest BCUT2D eigenvalue weighted by Crippen LogP contribution is 2.21. The van der Waals surface area contributed by atoms with Gasteiger partial charge in [0.1, 0.15) is 0 Å². The first-order chi connectivity index (χ1) is 13.1. The van der Waals surface area contributed by atoms with Gasteiger partial charge in [0, 0.05) is 34.6 Å². The number of amides is 2. The van der Waals surface area contributed by atoms with Gasteiger partial charge in [0.25, 0.3) is 11.8 Å². The van der Waals surface area contributed by atoms with E-state index in [0.717, 1.165) is 5.69 Å². The number of aliphatic hydroxyl groups is 1. The quantitative estimate of drug-likeness (QED) is 0.659. The van der Waals surface area contributed by atoms with Crippen LogP contribution in [0.4, 0.5) is 5.69 Å². The first kappa shape index (κ1) is 21.8. The van der Waals surface area contributed by atoms with Crippen LogP contribution in [-0.2, 0) is 6.54 Å². The second-order valence-corrected chi connectivity index (χ2v) is 7.89. The van der Waals surface area contributed by atoms with E-state index >= 15 is 0 Å². The molecule has 1 aromatic carbocycles. The molecular formula is C20H25ClN4O3. The van der Waals surface area contributed by atoms with Gasteiger partial charge in [-0.05, 0) is 58.3 Å². The van der Waals surface area contributed by atoms with Crippen molar-refractivity contribution in [2.24, 2.45) is 0 Å². The van der Waals surface area contributed by atoms with Gasteiger partial charge in [-0.2, -0.15) is 0 Å². The minimum absolute atomic E-state index is 0.208. The van der Waals surface area contributed by atoms with Crippen LogP contribution in [0.15, 0.2) is 36.5 Å². The number of benzene rings is 1. The van der Waals surface area contributed by atoms with Gasteiger partial charge >= 0.3 is 0 Å². The summed E-state index contributed by atoms with van der Waals surface area (Å²) >= 11 is 6.11. The van der Waals surface area contributed by atoms with Crippen LogP contribution in [0.5, 0.6) is 0 Å². The third-order valence-electron chi connectivity index (χ3n) is 3.82. The molecule has 28 heavy (non-hydrogen) atoms. The van der Waals surface area contributed by atoms with Crippen molar-refractivity contribution in [3.63, 3.8) is 0 Å². The molecule has 0 aliphatic carbocycles. The van der Waals surface area contributed by atoms with Gasteiger partial charge in [0.2, 0.25) is 0 Å². The first-order valence-corrected chi connectivity index (χ1v) is 9.12. The van der Waals surface area contributed by atoms with Crippen molar-refractivity contribution in [3.05, 3.63) is 58.4 Å². The summed E-state index contributed by atoms with van der Waals surface area (Å²) in [6.07, 6.45) is 1.58. The number of anilines is 1. The molecule has 0 spiro atoms. The Bertz CT molecular complexity index is 868. The number of hydrogen-bond donors (Lipinski definition) is 3. The van der Waals surface area contributed by atoms with E-state index in [2.05, 4.69) is 15.6 Å². The monoisotopic (exact) mass is 404 g/mol. The Morgan fingerprint density at radius 3 is 2.50 bits per heavy atom. The van der Waals surface area contributed by atoms with E-state index in [9.17, 15) is 14.7 Å². The SMILES string of the molecule is CN(C)Cc1cc(C(=O)Nc2cc(Cl)cc(C(=O)NC(C)(C)CO)c2)ccn1. The third-order valence-corrected chi connectivity index (χ3v) is 4.04. The van der Waals surface area contributed by atoms with E-state index in [1.54, 1.807) is 38.2 Å². The number of aromatic nitrogens is 1. The molecule has 1 aromatic heterocycles. The van der Waals surface area contributed by atoms with E-state index in [0.29, 0.717) is 22.8 Å². The molecule has 2 amide bonds. The Morgan fingerprint density at radius 1 is 1.14 bits per heavy atom. The van der Waals surface area contributed by atoms with Crippen molar-refractivity contribution in [2.75, 3.05) is 26.0 Å². The molecule has 150 valence electrons. The number of nitrogens with zero attached hydrogens (tertiary/aromatic N) is 2. The van der Waals surface area contributed by atoms with Crippen LogP contribution in [0.25, 0.3) is 0 Å². The topological polar surface area (TPSA) is 94.6 Å². The highest BCUT2D eigenvalue weighted by molar-refractivity contribution is 6.31. The van der Waals surface area contributed by atoms with Crippen molar-refractivity contribution < 1.29 is 14.7 Å². The standard InChI is InChI=1S/C20H25ClN4O3/c1-20(2,12-26)24-19(28)14-7-15(21)10-16(9-14)23-18(27)13-5-6-22-17(8-13)11-25(3)4/h5-10,26H,11-12H2,1-4H3,(H,23,27)(H,24,28). The van der Waals surface area contributed by atoms with Crippen molar-refractivity contribution in [3.8, 4) is 0 Å². The predicted molar refractivity (Wildman–Crippen MR) is 110 cm³/mol. The van der Waals surface area contributed by atoms with Gasteiger partial charge in [-0.1, -0.05) is 11.6 Å². The maximum Gasteiger partial charge on any atom is 0.255 e. The molecule has 3 N–H and O–H groups in total. The highest BCUT2D eigenvalue weighted by atomic mass is 35.5. The first-order valence-electron chi connectivity index (χ1n) is 8.74. The summed E-state index contributed by atoms with van der Waals surface area (Å²) in [4.78, 5) is 31.2. The minimum Gasteiger partial charge on any atom is -0.394 e. The Morgan fingerprint density at radius 2 is 1.86 bits per heavy atom. The lowest BCUT2D eigenvalue weighted by Gasteiger charge is -2.23. The van der Waals surface area contributed by atoms with Crippen molar-refractivity contribution in [1.82, 2.24) is 15.2 Å². The number of aliphatic hydroxyl groups excluding tert-OH is 1. The normalized spacial score (nSPS) is 11.4. The molecule has 0 radical (unpaired) electrons. The zero-order valence-corrected chi connectivity index (χ0v) is 17.2. The van der Waals surface area contributed by atoms with Crippen molar-refractivity contribution in [1.29, 1.82) is 0 Å². The number of nitrogens with one attached hydrogen (secondary N) is 2. The number of pyridine rings is 1. The van der Waals surface area contributed by atoms with E-state index in [4.69, 9.17) is 11.6 Å². The van der Waals surface area contributed by atoms with Gasteiger partial charge in [-0.15, -0.1) is 0 Å². The largest absolute Gasteiger partial charge is 0.394 e. The van der Waals surface area contributed by atoms with Crippen LogP contribution in [0.3, 0.4) is 0 Å². The van der Waals surface area contributed by atoms with E-state index in [1.807, 2.05) is 19.0 Å². The van der Waals surface area contributed by atoms with Crippen molar-refractivity contribution >= 4 is 29.1 Å². The molecule has 0 aliphatic rings. The second kappa shape index (κ2) is 9.14. The van der Waals surface area contributed by atoms with Crippen LogP contribution < -0.4 is 10.6 Å². The fourth-order valence-corrected chi connectivity index (χ4v) is 2.68. The molecule has 0 unspecified atom stereocenters. The number of hydrogen-bond acceptors (Lipinski definition) is 5. The fraction of sp³-hybridized carbons (Fsp3) is 0.350. The zero-order chi connectivity index (χ0) is 20.9. The summed E-state index contributed by atoms with van der Waals surface area (Å²) in [5.41, 5.74) is 1.14. The smallest absolute Gasteiger partial charge is 0.255 e. The van der Waals surface area contributed by atoms with Gasteiger partial charge in [0.15, 0.2) is 0 Å². The summed E-state index contributed by atoms with van der Waals surface area (Å²) in [5, 5.41) is 15.1. The Kier molecular flexibility index (Phi) is 7.12. The molecule has 0 fully saturated rings. The molecule has 2 aromatic rings. The van der Waals surface area contributed by atoms with E-state index < -0.39 is 11.4 Å². The summed E-state index contributed by atoms with van der Waals surface area (Å²) in [6, 6.07) is 7.94. The van der Waals surface area contributed by atoms with Crippen LogP contribution in [-0.4, -0.2) is 53.0 Å². The average molecular weight is 405 g/mol. The fourth-order valence-electron chi connectivity index (χ4n) is 2.45. The van der Waals surface area contributed by atoms with Crippen LogP contribution in [0, 0.1) is 0 Å². The van der Waals surface area contributed by atoms with Gasteiger partial charge < -0.3 is 20.6 Å². The van der Waals surface area contributed by atoms with Crippen LogP contribution >= 0.6 is 11.6 Å². The lowest BCUT2D eigenvalue weighted by atomic mass is 10.1. The third kappa shape index (κ3) is 6.30. The molecule has 0 aliphatic heterocycles. The molecule has 7 nitrogen and oxygen atoms in total. The highest BCUT2D eigenvalue weighted by Gasteiger charge is 2.21. The van der Waals surface area contributed by atoms with Gasteiger partial charge in [0.05, 0.1) is 17.8 Å². The van der Waals surface area contributed by atoms with Gasteiger partial charge in [-0.25, -0.2) is 0 Å². The summed E-state index contributed by atoms with van der Waals surface area (Å²) in [6.45, 7) is 3.81. The average Bonchev–Trinajstić information content (AvgIpc) is 2.60. The summed E-state index contributed by atoms with van der Waals surface area (Å²) in [7, 11) is 3.84. The lowest BCUT2D eigenvalue weighted by Crippen LogP contribution is -2.46. The second-order valence-electron chi connectivity index (χ2n) is 7.45. The molecule has 0 atom stereocenters. The Labute approximate surface area is 169 Å².